The summed E-state index contributed by atoms with van der Waals surface area (Å²) in [6.07, 6.45) is 7.46. The van der Waals surface area contributed by atoms with E-state index in [2.05, 4.69) is 5.32 Å². The van der Waals surface area contributed by atoms with E-state index in [1.54, 1.807) is 0 Å². The molecule has 0 radical (unpaired) electrons. The summed E-state index contributed by atoms with van der Waals surface area (Å²) in [6.45, 7) is 0. The maximum atomic E-state index is 12.3. The Morgan fingerprint density at radius 1 is 0.955 bits per heavy atom. The summed E-state index contributed by atoms with van der Waals surface area (Å²) >= 11 is 0. The molecule has 4 fully saturated rings. The number of aliphatic imine (C=N–C) groups is 1. The van der Waals surface area contributed by atoms with E-state index < -0.39 is 0 Å². The zero-order chi connectivity index (χ0) is 14.7. The number of carbonyl (C=O) groups is 1. The molecule has 5 aliphatic rings. The van der Waals surface area contributed by atoms with Gasteiger partial charge in [-0.15, -0.1) is 0 Å². The summed E-state index contributed by atoms with van der Waals surface area (Å²) in [5.41, 5.74) is 2.97. The van der Waals surface area contributed by atoms with Crippen LogP contribution in [0.4, 0.5) is 11.4 Å². The Kier molecular flexibility index (Phi) is 2.73. The number of fused-ring (bicyclic) bond motifs is 1. The van der Waals surface area contributed by atoms with Gasteiger partial charge in [0.05, 0.1) is 17.8 Å². The van der Waals surface area contributed by atoms with Crippen LogP contribution < -0.4 is 5.32 Å². The van der Waals surface area contributed by atoms with Gasteiger partial charge in [0.2, 0.25) is 5.91 Å². The Morgan fingerprint density at radius 2 is 1.64 bits per heavy atom. The Bertz CT molecular complexity index is 635. The lowest BCUT2D eigenvalue weighted by molar-refractivity contribution is -0.115. The van der Waals surface area contributed by atoms with E-state index in [1.165, 1.54) is 32.1 Å². The van der Waals surface area contributed by atoms with Gasteiger partial charge in [0.25, 0.3) is 0 Å². The summed E-state index contributed by atoms with van der Waals surface area (Å²) in [4.78, 5) is 17.3. The smallest absolute Gasteiger partial charge is 0.230 e. The molecule has 1 aromatic carbocycles. The van der Waals surface area contributed by atoms with Crippen molar-refractivity contribution in [2.45, 2.75) is 38.5 Å². The highest BCUT2D eigenvalue weighted by molar-refractivity contribution is 6.11. The third-order valence-corrected chi connectivity index (χ3v) is 6.40. The number of anilines is 1. The average molecular weight is 294 g/mol. The van der Waals surface area contributed by atoms with Crippen LogP contribution in [0.1, 0.15) is 38.5 Å². The first kappa shape index (κ1) is 12.9. The van der Waals surface area contributed by atoms with Gasteiger partial charge in [-0.3, -0.25) is 9.79 Å². The summed E-state index contributed by atoms with van der Waals surface area (Å²) < 4.78 is 0. The van der Waals surface area contributed by atoms with Gasteiger partial charge in [0, 0.05) is 11.6 Å². The minimum absolute atomic E-state index is 0.109. The van der Waals surface area contributed by atoms with Crippen molar-refractivity contribution in [2.75, 3.05) is 5.32 Å². The molecule has 0 atom stereocenters. The van der Waals surface area contributed by atoms with E-state index in [0.29, 0.717) is 12.3 Å². The first-order chi connectivity index (χ1) is 10.8. The maximum absolute atomic E-state index is 12.3. The molecule has 0 saturated heterocycles. The van der Waals surface area contributed by atoms with E-state index >= 15 is 0 Å². The fourth-order valence-electron chi connectivity index (χ4n) is 5.89. The molecule has 22 heavy (non-hydrogen) atoms. The average Bonchev–Trinajstić information content (AvgIpc) is 2.64. The van der Waals surface area contributed by atoms with Gasteiger partial charge in [0.1, 0.15) is 0 Å². The summed E-state index contributed by atoms with van der Waals surface area (Å²) in [5, 5.41) is 3.02. The highest BCUT2D eigenvalue weighted by atomic mass is 16.1. The van der Waals surface area contributed by atoms with Crippen LogP contribution in [0.2, 0.25) is 0 Å². The van der Waals surface area contributed by atoms with Gasteiger partial charge in [0.15, 0.2) is 0 Å². The molecule has 1 N–H and O–H groups in total. The molecule has 1 heterocycles. The van der Waals surface area contributed by atoms with Crippen LogP contribution in [-0.2, 0) is 4.79 Å². The standard InChI is InChI=1S/C19H22N2O/c22-18-10-17(20-15-3-1-2-4-16(15)21-18)19-13-6-11-5-12(8-13)9-14(19)7-11/h1-4,11-14,19H,5-10H2,(H,21,22). The molecule has 6 rings (SSSR count). The molecule has 1 amide bonds. The van der Waals surface area contributed by atoms with Crippen LogP contribution in [0.25, 0.3) is 0 Å². The zero-order valence-electron chi connectivity index (χ0n) is 12.8. The van der Waals surface area contributed by atoms with Crippen molar-refractivity contribution in [2.24, 2.45) is 34.6 Å². The second-order valence-electron chi connectivity index (χ2n) is 7.80. The molecule has 4 bridgehead atoms. The van der Waals surface area contributed by atoms with Gasteiger partial charge in [-0.05, 0) is 67.9 Å². The number of hydrogen-bond donors (Lipinski definition) is 1. The SMILES string of the molecule is O=C1CC(C2C3CC4CC(C3)CC2C4)=Nc2ccccc2N1. The Hall–Kier alpha value is -1.64. The summed E-state index contributed by atoms with van der Waals surface area (Å²) in [5.74, 6) is 4.17. The van der Waals surface area contributed by atoms with Crippen molar-refractivity contribution in [3.05, 3.63) is 24.3 Å². The number of amides is 1. The molecular formula is C19H22N2O. The van der Waals surface area contributed by atoms with Crippen LogP contribution >= 0.6 is 0 Å². The number of hydrogen-bond acceptors (Lipinski definition) is 2. The van der Waals surface area contributed by atoms with E-state index in [9.17, 15) is 4.79 Å². The van der Waals surface area contributed by atoms with Crippen LogP contribution in [0.5, 0.6) is 0 Å². The summed E-state index contributed by atoms with van der Waals surface area (Å²) in [6, 6.07) is 7.95. The predicted molar refractivity (Wildman–Crippen MR) is 87.3 cm³/mol. The summed E-state index contributed by atoms with van der Waals surface area (Å²) in [7, 11) is 0. The van der Waals surface area contributed by atoms with E-state index in [-0.39, 0.29) is 5.91 Å². The lowest BCUT2D eigenvalue weighted by Crippen LogP contribution is -2.48. The second-order valence-corrected chi connectivity index (χ2v) is 7.80. The number of benzene rings is 1. The van der Waals surface area contributed by atoms with Crippen molar-refractivity contribution in [3.8, 4) is 0 Å². The lowest BCUT2D eigenvalue weighted by atomic mass is 9.51. The first-order valence-corrected chi connectivity index (χ1v) is 8.72. The third-order valence-electron chi connectivity index (χ3n) is 6.40. The van der Waals surface area contributed by atoms with Gasteiger partial charge >= 0.3 is 0 Å². The van der Waals surface area contributed by atoms with Crippen molar-refractivity contribution in [1.82, 2.24) is 0 Å². The largest absolute Gasteiger partial charge is 0.324 e. The van der Waals surface area contributed by atoms with Crippen LogP contribution in [0.15, 0.2) is 29.3 Å². The van der Waals surface area contributed by atoms with Gasteiger partial charge in [-0.25, -0.2) is 0 Å². The van der Waals surface area contributed by atoms with Gasteiger partial charge < -0.3 is 5.32 Å². The van der Waals surface area contributed by atoms with Crippen molar-refractivity contribution < 1.29 is 4.79 Å². The normalized spacial score (nSPS) is 39.0. The third kappa shape index (κ3) is 1.94. The Balaban J connectivity index is 1.54. The number of nitrogens with one attached hydrogen (secondary N) is 1. The highest BCUT2D eigenvalue weighted by Crippen LogP contribution is 2.57. The predicted octanol–water partition coefficient (Wildman–Crippen LogP) is 4.17. The van der Waals surface area contributed by atoms with Crippen molar-refractivity contribution in [1.29, 1.82) is 0 Å². The molecule has 1 aliphatic heterocycles. The lowest BCUT2D eigenvalue weighted by Gasteiger charge is -2.54. The van der Waals surface area contributed by atoms with Crippen LogP contribution in [-0.4, -0.2) is 11.6 Å². The van der Waals surface area contributed by atoms with Crippen LogP contribution in [0, 0.1) is 29.6 Å². The Morgan fingerprint density at radius 3 is 2.36 bits per heavy atom. The minimum atomic E-state index is 0.109. The molecule has 4 aliphatic carbocycles. The number of carbonyl (C=O) groups excluding carboxylic acids is 1. The molecule has 0 spiro atoms. The molecule has 3 heteroatoms. The van der Waals surface area contributed by atoms with Gasteiger partial charge in [-0.1, -0.05) is 12.1 Å². The molecule has 0 unspecified atom stereocenters. The molecule has 1 aromatic rings. The van der Waals surface area contributed by atoms with E-state index in [0.717, 1.165) is 40.8 Å². The fraction of sp³-hybridized carbons (Fsp3) is 0.579. The Labute approximate surface area is 131 Å². The number of para-hydroxylation sites is 2. The minimum Gasteiger partial charge on any atom is -0.324 e. The van der Waals surface area contributed by atoms with Crippen molar-refractivity contribution in [3.63, 3.8) is 0 Å². The zero-order valence-corrected chi connectivity index (χ0v) is 12.8. The molecular weight excluding hydrogens is 272 g/mol. The quantitative estimate of drug-likeness (QED) is 0.829. The van der Waals surface area contributed by atoms with E-state index in [4.69, 9.17) is 4.99 Å². The number of nitrogens with zero attached hydrogens (tertiary/aromatic N) is 1. The first-order valence-electron chi connectivity index (χ1n) is 8.72. The molecule has 114 valence electrons. The van der Waals surface area contributed by atoms with Crippen LogP contribution in [0.3, 0.4) is 0 Å². The maximum Gasteiger partial charge on any atom is 0.230 e. The fourth-order valence-corrected chi connectivity index (χ4v) is 5.89. The second kappa shape index (κ2) is 4.68. The topological polar surface area (TPSA) is 41.5 Å². The van der Waals surface area contributed by atoms with Gasteiger partial charge in [-0.2, -0.15) is 0 Å². The highest BCUT2D eigenvalue weighted by Gasteiger charge is 2.50. The molecule has 4 saturated carbocycles. The van der Waals surface area contributed by atoms with E-state index in [1.807, 2.05) is 24.3 Å². The van der Waals surface area contributed by atoms with Crippen molar-refractivity contribution >= 4 is 23.0 Å². The number of rotatable bonds is 1. The molecule has 3 nitrogen and oxygen atoms in total. The molecule has 0 aromatic heterocycles. The monoisotopic (exact) mass is 294 g/mol.